The second-order valence-corrected chi connectivity index (χ2v) is 11.0. The van der Waals surface area contributed by atoms with Crippen LogP contribution in [0.4, 0.5) is 25.3 Å². The number of benzene rings is 1. The molecule has 2 N–H and O–H groups in total. The van der Waals surface area contributed by atoms with Crippen molar-refractivity contribution in [1.29, 1.82) is 0 Å². The maximum absolute atomic E-state index is 15.0. The van der Waals surface area contributed by atoms with Gasteiger partial charge in [-0.3, -0.25) is 4.90 Å². The summed E-state index contributed by atoms with van der Waals surface area (Å²) in [5.74, 6) is 0.178. The van der Waals surface area contributed by atoms with Crippen molar-refractivity contribution in [3.05, 3.63) is 59.8 Å². The van der Waals surface area contributed by atoms with Crippen molar-refractivity contribution in [2.45, 2.75) is 51.9 Å². The number of imidazole rings is 1. The van der Waals surface area contributed by atoms with Crippen LogP contribution in [0.2, 0.25) is 0 Å². The number of piperidine rings is 1. The highest BCUT2D eigenvalue weighted by molar-refractivity contribution is 5.84. The molecule has 2 aliphatic rings. The number of aryl methyl sites for hydroxylation is 1. The van der Waals surface area contributed by atoms with Crippen LogP contribution in [0.25, 0.3) is 22.2 Å². The topological polar surface area (TPSA) is 122 Å². The molecule has 0 bridgehead atoms. The van der Waals surface area contributed by atoms with Crippen molar-refractivity contribution in [3.8, 4) is 11.1 Å². The zero-order valence-corrected chi connectivity index (χ0v) is 23.6. The lowest BCUT2D eigenvalue weighted by Crippen LogP contribution is -2.60. The zero-order chi connectivity index (χ0) is 29.5. The standard InChI is InChI=1S/C29H32F2N8O3/c1-16(2)39-17(3)35-27-21(30)8-19(9-24(27)39)20-10-26(32-13-22(20)31)36-28-33-11-18(12-34-28)14-37-5-4-23-25(15-37)42-7-6-38(23)29(40)41/h8-13,16,23,25H,4-7,14-15H2,1-3H3,(H,40,41)(H,32,33,34,36)/t23-,25-/m0/s1. The SMILES string of the molecule is Cc1nc2c(F)cc(-c3cc(Nc4ncc(CN5CC[C@H]6[C@H](C5)OCCN6C(=O)O)cn4)ncc3F)cc2n1C(C)C. The van der Waals surface area contributed by atoms with Crippen molar-refractivity contribution in [1.82, 2.24) is 34.3 Å². The summed E-state index contributed by atoms with van der Waals surface area (Å²) in [6.07, 6.45) is 4.13. The quantitative estimate of drug-likeness (QED) is 0.334. The molecule has 2 fully saturated rings. The first kappa shape index (κ1) is 27.9. The molecule has 6 rings (SSSR count). The molecule has 0 aliphatic carbocycles. The number of carboxylic acid groups (broad SMARTS) is 1. The van der Waals surface area contributed by atoms with Crippen LogP contribution in [0.1, 0.15) is 37.7 Å². The Morgan fingerprint density at radius 2 is 1.90 bits per heavy atom. The van der Waals surface area contributed by atoms with Gasteiger partial charge in [-0.15, -0.1) is 0 Å². The van der Waals surface area contributed by atoms with Gasteiger partial charge in [-0.05, 0) is 51.0 Å². The molecule has 4 aromatic rings. The van der Waals surface area contributed by atoms with Crippen LogP contribution in [-0.2, 0) is 11.3 Å². The molecule has 0 radical (unpaired) electrons. The van der Waals surface area contributed by atoms with E-state index in [2.05, 4.69) is 30.2 Å². The molecule has 1 amide bonds. The predicted molar refractivity (Wildman–Crippen MR) is 151 cm³/mol. The van der Waals surface area contributed by atoms with Gasteiger partial charge in [0.05, 0.1) is 30.5 Å². The Morgan fingerprint density at radius 3 is 2.64 bits per heavy atom. The van der Waals surface area contributed by atoms with Gasteiger partial charge in [0.2, 0.25) is 5.95 Å². The summed E-state index contributed by atoms with van der Waals surface area (Å²) in [6.45, 7) is 8.55. The number of hydrogen-bond acceptors (Lipinski definition) is 8. The molecule has 11 nitrogen and oxygen atoms in total. The third-order valence-corrected chi connectivity index (χ3v) is 7.88. The number of carbonyl (C=O) groups is 1. The average molecular weight is 579 g/mol. The van der Waals surface area contributed by atoms with E-state index >= 15 is 4.39 Å². The second-order valence-electron chi connectivity index (χ2n) is 11.0. The Labute approximate surface area is 241 Å². The molecule has 0 saturated carbocycles. The maximum Gasteiger partial charge on any atom is 0.407 e. The summed E-state index contributed by atoms with van der Waals surface area (Å²) < 4.78 is 37.7. The van der Waals surface area contributed by atoms with Crippen LogP contribution in [0.3, 0.4) is 0 Å². The first-order valence-corrected chi connectivity index (χ1v) is 13.9. The number of nitrogens with zero attached hydrogens (tertiary/aromatic N) is 7. The van der Waals surface area contributed by atoms with Gasteiger partial charge in [0, 0.05) is 55.7 Å². The third kappa shape index (κ3) is 5.37. The van der Waals surface area contributed by atoms with Crippen LogP contribution in [0.5, 0.6) is 0 Å². The Kier molecular flexibility index (Phi) is 7.45. The van der Waals surface area contributed by atoms with Gasteiger partial charge in [-0.2, -0.15) is 0 Å². The summed E-state index contributed by atoms with van der Waals surface area (Å²) in [5.41, 5.74) is 2.30. The fraction of sp³-hybridized carbons (Fsp3) is 0.414. The number of morpholine rings is 1. The highest BCUT2D eigenvalue weighted by atomic mass is 19.1. The first-order chi connectivity index (χ1) is 20.2. The smallest absolute Gasteiger partial charge is 0.407 e. The van der Waals surface area contributed by atoms with E-state index in [1.807, 2.05) is 25.3 Å². The van der Waals surface area contributed by atoms with E-state index in [1.54, 1.807) is 18.5 Å². The number of hydrogen-bond donors (Lipinski definition) is 2. The number of rotatable bonds is 6. The van der Waals surface area contributed by atoms with Gasteiger partial charge in [0.1, 0.15) is 23.0 Å². The van der Waals surface area contributed by atoms with E-state index in [-0.39, 0.29) is 35.2 Å². The number of ether oxygens (including phenoxy) is 1. The first-order valence-electron chi connectivity index (χ1n) is 13.9. The highest BCUT2D eigenvalue weighted by Gasteiger charge is 2.39. The molecule has 5 heterocycles. The molecule has 13 heteroatoms. The number of amides is 1. The molecule has 2 saturated heterocycles. The minimum Gasteiger partial charge on any atom is -0.465 e. The molecule has 2 atom stereocenters. The van der Waals surface area contributed by atoms with Crippen LogP contribution in [0, 0.1) is 18.6 Å². The van der Waals surface area contributed by atoms with Gasteiger partial charge in [-0.1, -0.05) is 0 Å². The summed E-state index contributed by atoms with van der Waals surface area (Å²) >= 11 is 0. The monoisotopic (exact) mass is 578 g/mol. The van der Waals surface area contributed by atoms with E-state index < -0.39 is 17.7 Å². The van der Waals surface area contributed by atoms with E-state index in [9.17, 15) is 14.3 Å². The summed E-state index contributed by atoms with van der Waals surface area (Å²) in [5, 5.41) is 12.5. The van der Waals surface area contributed by atoms with Crippen LogP contribution in [-0.4, -0.2) is 83.9 Å². The molecule has 2 aliphatic heterocycles. The second kappa shape index (κ2) is 11.2. The van der Waals surface area contributed by atoms with Crippen LogP contribution < -0.4 is 5.32 Å². The number of likely N-dealkylation sites (tertiary alicyclic amines) is 1. The van der Waals surface area contributed by atoms with Crippen LogP contribution in [0.15, 0.2) is 36.8 Å². The van der Waals surface area contributed by atoms with Gasteiger partial charge < -0.3 is 24.6 Å². The number of fused-ring (bicyclic) bond motifs is 2. The normalized spacial score (nSPS) is 19.3. The molecule has 1 aromatic carbocycles. The van der Waals surface area contributed by atoms with E-state index in [4.69, 9.17) is 4.74 Å². The van der Waals surface area contributed by atoms with E-state index in [1.165, 1.54) is 17.0 Å². The maximum atomic E-state index is 15.0. The van der Waals surface area contributed by atoms with Crippen molar-refractivity contribution in [3.63, 3.8) is 0 Å². The van der Waals surface area contributed by atoms with Crippen molar-refractivity contribution in [2.75, 3.05) is 31.6 Å². The Balaban J connectivity index is 1.16. The lowest BCUT2D eigenvalue weighted by molar-refractivity contribution is -0.0957. The Bertz CT molecular complexity index is 1630. The fourth-order valence-electron chi connectivity index (χ4n) is 6.02. The van der Waals surface area contributed by atoms with Crippen LogP contribution >= 0.6 is 0 Å². The van der Waals surface area contributed by atoms with Gasteiger partial charge in [0.15, 0.2) is 5.82 Å². The van der Waals surface area contributed by atoms with Gasteiger partial charge in [-0.25, -0.2) is 33.5 Å². The minimum absolute atomic E-state index is 0.0546. The Hall–Kier alpha value is -4.23. The molecular formula is C29H32F2N8O3. The molecule has 42 heavy (non-hydrogen) atoms. The molecular weight excluding hydrogens is 546 g/mol. The van der Waals surface area contributed by atoms with Crippen molar-refractivity contribution < 1.29 is 23.4 Å². The molecule has 0 unspecified atom stereocenters. The van der Waals surface area contributed by atoms with Gasteiger partial charge in [0.25, 0.3) is 0 Å². The molecule has 0 spiro atoms. The predicted octanol–water partition coefficient (Wildman–Crippen LogP) is 4.75. The lowest BCUT2D eigenvalue weighted by Gasteiger charge is -2.45. The summed E-state index contributed by atoms with van der Waals surface area (Å²) in [6, 6.07) is 4.46. The molecule has 220 valence electrons. The largest absolute Gasteiger partial charge is 0.465 e. The number of anilines is 2. The summed E-state index contributed by atoms with van der Waals surface area (Å²) in [7, 11) is 0. The number of halogens is 2. The Morgan fingerprint density at radius 1 is 1.12 bits per heavy atom. The fourth-order valence-corrected chi connectivity index (χ4v) is 6.02. The summed E-state index contributed by atoms with van der Waals surface area (Å²) in [4.78, 5) is 32.5. The van der Waals surface area contributed by atoms with Crippen molar-refractivity contribution >= 4 is 28.9 Å². The van der Waals surface area contributed by atoms with E-state index in [0.29, 0.717) is 55.4 Å². The third-order valence-electron chi connectivity index (χ3n) is 7.88. The molecule has 3 aromatic heterocycles. The number of pyridine rings is 1. The highest BCUT2D eigenvalue weighted by Crippen LogP contribution is 2.32. The zero-order valence-electron chi connectivity index (χ0n) is 23.6. The van der Waals surface area contributed by atoms with Crippen molar-refractivity contribution in [2.24, 2.45) is 0 Å². The van der Waals surface area contributed by atoms with Gasteiger partial charge >= 0.3 is 6.09 Å². The average Bonchev–Trinajstić information content (AvgIpc) is 3.31. The number of aromatic nitrogens is 5. The number of nitrogens with one attached hydrogen (secondary N) is 1. The lowest BCUT2D eigenvalue weighted by atomic mass is 9.98. The van der Waals surface area contributed by atoms with E-state index in [0.717, 1.165) is 18.3 Å². The minimum atomic E-state index is -0.900.